The second-order valence-electron chi connectivity index (χ2n) is 11.4. The third-order valence-electron chi connectivity index (χ3n) is 8.64. The van der Waals surface area contributed by atoms with E-state index in [9.17, 15) is 19.5 Å². The fourth-order valence-electron chi connectivity index (χ4n) is 6.64. The summed E-state index contributed by atoms with van der Waals surface area (Å²) in [4.78, 5) is 47.2. The summed E-state index contributed by atoms with van der Waals surface area (Å²) >= 11 is 0. The Morgan fingerprint density at radius 2 is 1.72 bits per heavy atom. The molecule has 184 valence electrons. The van der Waals surface area contributed by atoms with E-state index in [-0.39, 0.29) is 18.2 Å². The van der Waals surface area contributed by atoms with Crippen LogP contribution in [0, 0.1) is 5.41 Å². The first kappa shape index (κ1) is 21.8. The summed E-state index contributed by atoms with van der Waals surface area (Å²) in [7, 11) is 0. The van der Waals surface area contributed by atoms with E-state index in [4.69, 9.17) is 4.74 Å². The van der Waals surface area contributed by atoms with Crippen LogP contribution in [-0.2, 0) is 15.1 Å². The van der Waals surface area contributed by atoms with Gasteiger partial charge in [0, 0.05) is 12.0 Å². The highest BCUT2D eigenvalue weighted by molar-refractivity contribution is 6.05. The molecule has 1 amide bonds. The number of amides is 1. The lowest BCUT2D eigenvalue weighted by Gasteiger charge is -2.46. The predicted octanol–water partition coefficient (Wildman–Crippen LogP) is 2.22. The molecule has 2 aromatic carbocycles. The number of benzene rings is 2. The van der Waals surface area contributed by atoms with Crippen LogP contribution in [0.15, 0.2) is 53.3 Å². The van der Waals surface area contributed by atoms with Crippen molar-refractivity contribution in [1.82, 2.24) is 14.9 Å². The van der Waals surface area contributed by atoms with Gasteiger partial charge in [-0.05, 0) is 45.9 Å². The number of aliphatic hydroxyl groups is 1. The summed E-state index contributed by atoms with van der Waals surface area (Å²) in [6, 6.07) is 13.4. The van der Waals surface area contributed by atoms with Gasteiger partial charge < -0.3 is 9.84 Å². The molecule has 0 radical (unpaired) electrons. The lowest BCUT2D eigenvalue weighted by molar-refractivity contribution is -0.285. The number of nitrogens with one attached hydrogen (secondary N) is 1. The second kappa shape index (κ2) is 6.29. The minimum atomic E-state index is -2.02. The molecule has 1 aromatic heterocycles. The average molecular weight is 487 g/mol. The van der Waals surface area contributed by atoms with E-state index in [0.717, 1.165) is 5.56 Å². The maximum absolute atomic E-state index is 13.8. The summed E-state index contributed by atoms with van der Waals surface area (Å²) in [5.41, 5.74) is -2.00. The van der Waals surface area contributed by atoms with Crippen molar-refractivity contribution in [2.24, 2.45) is 5.41 Å². The van der Waals surface area contributed by atoms with Crippen LogP contribution < -0.4 is 15.8 Å². The van der Waals surface area contributed by atoms with Gasteiger partial charge in [-0.15, -0.1) is 0 Å². The minimum Gasteiger partial charge on any atom is -0.363 e. The first-order chi connectivity index (χ1) is 16.9. The lowest BCUT2D eigenvalue weighted by atomic mass is 9.72. The van der Waals surface area contributed by atoms with Crippen molar-refractivity contribution in [3.8, 4) is 0 Å². The molecule has 4 aliphatic heterocycles. The van der Waals surface area contributed by atoms with Crippen LogP contribution in [0.4, 0.5) is 5.69 Å². The highest BCUT2D eigenvalue weighted by atomic mass is 16.7. The monoisotopic (exact) mass is 486 g/mol. The quantitative estimate of drug-likeness (QED) is 0.501. The normalized spacial score (nSPS) is 33.1. The molecule has 4 unspecified atom stereocenters. The number of Topliss-reactive ketones (excluding diaryl/α,β-unsaturated/α-hetero) is 1. The molecular formula is C27H26N4O5. The molecule has 2 saturated heterocycles. The number of aromatic nitrogens is 2. The van der Waals surface area contributed by atoms with Crippen molar-refractivity contribution in [1.29, 1.82) is 0 Å². The van der Waals surface area contributed by atoms with E-state index >= 15 is 0 Å². The van der Waals surface area contributed by atoms with Crippen LogP contribution in [0.1, 0.15) is 56.3 Å². The Balaban J connectivity index is 1.51. The molecule has 5 heterocycles. The molecule has 4 atom stereocenters. The highest BCUT2D eigenvalue weighted by Crippen LogP contribution is 2.64. The van der Waals surface area contributed by atoms with E-state index in [2.05, 4.69) is 10.3 Å². The molecule has 9 heteroatoms. The molecule has 36 heavy (non-hydrogen) atoms. The molecule has 9 nitrogen and oxygen atoms in total. The number of carbonyl (C=O) groups excluding carboxylic acids is 2. The van der Waals surface area contributed by atoms with Crippen LogP contribution in [0.3, 0.4) is 0 Å². The molecule has 2 fully saturated rings. The number of hydrogen-bond donors (Lipinski definition) is 2. The molecule has 7 rings (SSSR count). The first-order valence-corrected chi connectivity index (χ1v) is 12.1. The number of para-hydroxylation sites is 2. The molecule has 0 aliphatic carbocycles. The van der Waals surface area contributed by atoms with Gasteiger partial charge in [0.25, 0.3) is 5.56 Å². The first-order valence-electron chi connectivity index (χ1n) is 12.1. The van der Waals surface area contributed by atoms with E-state index in [0.29, 0.717) is 16.6 Å². The van der Waals surface area contributed by atoms with E-state index in [1.165, 1.54) is 4.57 Å². The average Bonchev–Trinajstić information content (AvgIpc) is 3.39. The lowest BCUT2D eigenvalue weighted by Crippen LogP contribution is -2.61. The maximum atomic E-state index is 13.8. The van der Waals surface area contributed by atoms with Gasteiger partial charge in [-0.3, -0.25) is 29.2 Å². The minimum absolute atomic E-state index is 0.0120. The van der Waals surface area contributed by atoms with Gasteiger partial charge in [0.15, 0.2) is 5.82 Å². The van der Waals surface area contributed by atoms with Crippen LogP contribution in [0.25, 0.3) is 10.9 Å². The topological polar surface area (TPSA) is 114 Å². The van der Waals surface area contributed by atoms with Crippen LogP contribution in [-0.4, -0.2) is 43.8 Å². The zero-order valence-corrected chi connectivity index (χ0v) is 20.4. The number of rotatable bonds is 0. The molecule has 3 aromatic rings. The number of fused-ring (bicyclic) bond motifs is 9. The van der Waals surface area contributed by atoms with Gasteiger partial charge in [-0.2, -0.15) is 0 Å². The second-order valence-corrected chi connectivity index (χ2v) is 11.4. The van der Waals surface area contributed by atoms with Gasteiger partial charge in [0.2, 0.25) is 17.5 Å². The molecular weight excluding hydrogens is 460 g/mol. The van der Waals surface area contributed by atoms with E-state index in [1.807, 2.05) is 38.1 Å². The Hall–Kier alpha value is -3.40. The summed E-state index contributed by atoms with van der Waals surface area (Å²) in [5.74, 6) is -2.59. The molecule has 0 bridgehead atoms. The number of nitrogens with zero attached hydrogens (tertiary/aromatic N) is 3. The summed E-state index contributed by atoms with van der Waals surface area (Å²) in [6.07, 6.45) is -0.452. The van der Waals surface area contributed by atoms with Crippen LogP contribution >= 0.6 is 0 Å². The number of carbonyl (C=O) groups is 2. The summed E-state index contributed by atoms with van der Waals surface area (Å²) < 4.78 is 8.00. The zero-order valence-electron chi connectivity index (χ0n) is 20.4. The highest BCUT2D eigenvalue weighted by Gasteiger charge is 2.74. The SMILES string of the molecule is CC1(C)NC2N(C1=O)c1ccccc1C21CC2n3c(nc4ccccc4c3=O)C(=O)C(C)(C)C2(O)O1. The van der Waals surface area contributed by atoms with Gasteiger partial charge in [-0.25, -0.2) is 4.98 Å². The smallest absolute Gasteiger partial charge is 0.262 e. The Bertz CT molecular complexity index is 1590. The van der Waals surface area contributed by atoms with E-state index < -0.39 is 45.9 Å². The molecule has 4 aliphatic rings. The molecule has 1 spiro atoms. The van der Waals surface area contributed by atoms with Crippen molar-refractivity contribution in [2.75, 3.05) is 4.90 Å². The third kappa shape index (κ3) is 2.23. The van der Waals surface area contributed by atoms with Gasteiger partial charge in [-0.1, -0.05) is 30.3 Å². The fraction of sp³-hybridized carbons (Fsp3) is 0.407. The van der Waals surface area contributed by atoms with E-state index in [1.54, 1.807) is 43.0 Å². The van der Waals surface area contributed by atoms with Crippen LogP contribution in [0.2, 0.25) is 0 Å². The number of hydrogen-bond acceptors (Lipinski definition) is 7. The largest absolute Gasteiger partial charge is 0.363 e. The standard InChI is InChI=1S/C27H26N4O5/c1-24(2)19(32)20-28-16-11-7-5-9-14(16)21(33)31(20)18-13-26(36-27(18,24)35)15-10-6-8-12-17(15)30-22(26)29-25(3,4)23(30)34/h5-12,18,22,29,35H,13H2,1-4H3. The maximum Gasteiger partial charge on any atom is 0.262 e. The number of ether oxygens (including phenoxy) is 1. The van der Waals surface area contributed by atoms with Gasteiger partial charge >= 0.3 is 0 Å². The van der Waals surface area contributed by atoms with Crippen molar-refractivity contribution >= 4 is 28.3 Å². The fourth-order valence-corrected chi connectivity index (χ4v) is 6.64. The molecule has 2 N–H and O–H groups in total. The van der Waals surface area contributed by atoms with Crippen molar-refractivity contribution in [2.45, 2.75) is 63.3 Å². The summed E-state index contributed by atoms with van der Waals surface area (Å²) in [6.45, 7) is 6.87. The number of ketones is 1. The number of anilines is 1. The predicted molar refractivity (Wildman–Crippen MR) is 130 cm³/mol. The molecule has 0 saturated carbocycles. The third-order valence-corrected chi connectivity index (χ3v) is 8.64. The summed E-state index contributed by atoms with van der Waals surface area (Å²) in [5, 5.41) is 16.0. The Kier molecular flexibility index (Phi) is 3.82. The Morgan fingerprint density at radius 3 is 2.50 bits per heavy atom. The Labute approximate surface area is 206 Å². The Morgan fingerprint density at radius 1 is 1.03 bits per heavy atom. The van der Waals surface area contributed by atoms with Gasteiger partial charge in [0.1, 0.15) is 11.8 Å². The zero-order chi connectivity index (χ0) is 25.4. The van der Waals surface area contributed by atoms with Crippen molar-refractivity contribution in [3.63, 3.8) is 0 Å². The van der Waals surface area contributed by atoms with Crippen LogP contribution in [0.5, 0.6) is 0 Å². The van der Waals surface area contributed by atoms with Crippen molar-refractivity contribution < 1.29 is 19.4 Å². The van der Waals surface area contributed by atoms with Crippen molar-refractivity contribution in [3.05, 3.63) is 70.3 Å². The van der Waals surface area contributed by atoms with Gasteiger partial charge in [0.05, 0.1) is 33.6 Å².